The van der Waals surface area contributed by atoms with E-state index in [4.69, 9.17) is 0 Å². The highest BCUT2D eigenvalue weighted by molar-refractivity contribution is 6.45. The number of alkyl halides is 3. The number of hydrogen-bond donors (Lipinski definition) is 0. The molecule has 0 unspecified atom stereocenters. The fourth-order valence-corrected chi connectivity index (χ4v) is 3.68. The molecule has 0 bridgehead atoms. The van der Waals surface area contributed by atoms with Crippen LogP contribution in [0.3, 0.4) is 0 Å². The van der Waals surface area contributed by atoms with Gasteiger partial charge in [-0.05, 0) is 42.7 Å². The molecule has 0 radical (unpaired) electrons. The van der Waals surface area contributed by atoms with Crippen LogP contribution in [-0.2, 0) is 9.59 Å². The third-order valence-electron chi connectivity index (χ3n) is 4.92. The standard InChI is InChI=1S/C21H16F4N2O3/c22-14-8-6-13(7-9-14)17-18(26-10-1-2-11-26)20(29)27(19(17)28)15-4-3-5-16(12-15)30-21(23,24)25/h3-9,12H,1-2,10-11H2. The second kappa shape index (κ2) is 7.47. The van der Waals surface area contributed by atoms with Crippen LogP contribution >= 0.6 is 0 Å². The molecule has 1 fully saturated rings. The van der Waals surface area contributed by atoms with E-state index in [9.17, 15) is 27.2 Å². The van der Waals surface area contributed by atoms with Crippen LogP contribution in [0.15, 0.2) is 54.2 Å². The fraction of sp³-hybridized carbons (Fsp3) is 0.238. The van der Waals surface area contributed by atoms with Crippen molar-refractivity contribution in [3.8, 4) is 5.75 Å². The van der Waals surface area contributed by atoms with Gasteiger partial charge in [0.05, 0.1) is 11.3 Å². The zero-order valence-corrected chi connectivity index (χ0v) is 15.6. The molecule has 0 aliphatic carbocycles. The van der Waals surface area contributed by atoms with Crippen molar-refractivity contribution in [1.29, 1.82) is 0 Å². The number of carbonyl (C=O) groups is 2. The molecule has 2 heterocycles. The van der Waals surface area contributed by atoms with Gasteiger partial charge in [-0.1, -0.05) is 18.2 Å². The second-order valence-corrected chi connectivity index (χ2v) is 6.92. The molecule has 156 valence electrons. The molecule has 0 atom stereocenters. The van der Waals surface area contributed by atoms with E-state index in [-0.39, 0.29) is 17.0 Å². The first-order valence-electron chi connectivity index (χ1n) is 9.24. The Morgan fingerprint density at radius 1 is 0.900 bits per heavy atom. The molecular weight excluding hydrogens is 404 g/mol. The van der Waals surface area contributed by atoms with E-state index in [0.717, 1.165) is 29.9 Å². The lowest BCUT2D eigenvalue weighted by Gasteiger charge is -2.20. The van der Waals surface area contributed by atoms with Gasteiger partial charge in [0.25, 0.3) is 11.8 Å². The lowest BCUT2D eigenvalue weighted by atomic mass is 10.0. The Labute approximate surface area is 169 Å². The molecule has 1 saturated heterocycles. The molecule has 30 heavy (non-hydrogen) atoms. The van der Waals surface area contributed by atoms with Gasteiger partial charge in [-0.3, -0.25) is 9.59 Å². The van der Waals surface area contributed by atoms with Crippen LogP contribution in [-0.4, -0.2) is 36.2 Å². The SMILES string of the molecule is O=C1C(c2ccc(F)cc2)=C(N2CCCC2)C(=O)N1c1cccc(OC(F)(F)F)c1. The van der Waals surface area contributed by atoms with Gasteiger partial charge < -0.3 is 9.64 Å². The molecule has 0 N–H and O–H groups in total. The van der Waals surface area contributed by atoms with Crippen LogP contribution < -0.4 is 9.64 Å². The van der Waals surface area contributed by atoms with Gasteiger partial charge in [-0.15, -0.1) is 13.2 Å². The number of amides is 2. The summed E-state index contributed by atoms with van der Waals surface area (Å²) < 4.78 is 55.0. The molecule has 0 spiro atoms. The number of benzene rings is 2. The van der Waals surface area contributed by atoms with Crippen molar-refractivity contribution < 1.29 is 31.9 Å². The third kappa shape index (κ3) is 3.74. The van der Waals surface area contributed by atoms with E-state index in [1.165, 1.54) is 36.4 Å². The number of rotatable bonds is 4. The summed E-state index contributed by atoms with van der Waals surface area (Å²) in [4.78, 5) is 29.1. The van der Waals surface area contributed by atoms with Crippen LogP contribution in [0.4, 0.5) is 23.2 Å². The molecule has 9 heteroatoms. The zero-order valence-electron chi connectivity index (χ0n) is 15.6. The van der Waals surface area contributed by atoms with E-state index in [0.29, 0.717) is 18.7 Å². The Hall–Kier alpha value is -3.36. The molecule has 2 aliphatic rings. The summed E-state index contributed by atoms with van der Waals surface area (Å²) in [6.45, 7) is 1.15. The lowest BCUT2D eigenvalue weighted by Crippen LogP contribution is -2.34. The van der Waals surface area contributed by atoms with Gasteiger partial charge in [0.2, 0.25) is 0 Å². The van der Waals surface area contributed by atoms with Crippen molar-refractivity contribution >= 4 is 23.1 Å². The average molecular weight is 420 g/mol. The fourth-order valence-electron chi connectivity index (χ4n) is 3.68. The minimum Gasteiger partial charge on any atom is -0.406 e. The van der Waals surface area contributed by atoms with Crippen LogP contribution in [0.2, 0.25) is 0 Å². The first-order chi connectivity index (χ1) is 14.2. The van der Waals surface area contributed by atoms with Gasteiger partial charge >= 0.3 is 6.36 Å². The summed E-state index contributed by atoms with van der Waals surface area (Å²) in [5.41, 5.74) is 0.595. The maximum atomic E-state index is 13.4. The molecule has 2 aromatic rings. The first-order valence-corrected chi connectivity index (χ1v) is 9.24. The Morgan fingerprint density at radius 3 is 2.20 bits per heavy atom. The molecule has 2 aromatic carbocycles. The van der Waals surface area contributed by atoms with Gasteiger partial charge in [0, 0.05) is 19.2 Å². The number of nitrogens with zero attached hydrogens (tertiary/aromatic N) is 2. The molecular formula is C21H16F4N2O3. The van der Waals surface area contributed by atoms with Crippen molar-refractivity contribution in [2.45, 2.75) is 19.2 Å². The maximum absolute atomic E-state index is 13.4. The summed E-state index contributed by atoms with van der Waals surface area (Å²) in [6, 6.07) is 9.86. The highest BCUT2D eigenvalue weighted by Gasteiger charge is 2.43. The van der Waals surface area contributed by atoms with Crippen LogP contribution in [0.25, 0.3) is 5.57 Å². The Morgan fingerprint density at radius 2 is 1.57 bits per heavy atom. The Balaban J connectivity index is 1.76. The molecule has 2 amide bonds. The average Bonchev–Trinajstić information content (AvgIpc) is 3.27. The zero-order chi connectivity index (χ0) is 21.5. The highest BCUT2D eigenvalue weighted by atomic mass is 19.4. The summed E-state index contributed by atoms with van der Waals surface area (Å²) in [5, 5.41) is 0. The minimum atomic E-state index is -4.91. The van der Waals surface area contributed by atoms with E-state index >= 15 is 0 Å². The maximum Gasteiger partial charge on any atom is 0.573 e. The van der Waals surface area contributed by atoms with E-state index in [1.807, 2.05) is 0 Å². The van der Waals surface area contributed by atoms with Crippen molar-refractivity contribution in [2.24, 2.45) is 0 Å². The van der Waals surface area contributed by atoms with Crippen LogP contribution in [0.5, 0.6) is 5.75 Å². The van der Waals surface area contributed by atoms with Gasteiger partial charge in [0.15, 0.2) is 0 Å². The van der Waals surface area contributed by atoms with Crippen LogP contribution in [0.1, 0.15) is 18.4 Å². The summed E-state index contributed by atoms with van der Waals surface area (Å²) in [6.07, 6.45) is -3.22. The number of hydrogen-bond acceptors (Lipinski definition) is 4. The van der Waals surface area contributed by atoms with Crippen molar-refractivity contribution in [3.05, 3.63) is 65.6 Å². The van der Waals surface area contributed by atoms with E-state index in [1.54, 1.807) is 4.90 Å². The van der Waals surface area contributed by atoms with Crippen LogP contribution in [0, 0.1) is 5.82 Å². The Kier molecular flexibility index (Phi) is 4.97. The molecule has 0 saturated carbocycles. The normalized spacial score (nSPS) is 17.3. The quantitative estimate of drug-likeness (QED) is 0.552. The third-order valence-corrected chi connectivity index (χ3v) is 4.92. The first kappa shape index (κ1) is 19.9. The monoisotopic (exact) mass is 420 g/mol. The molecule has 2 aliphatic heterocycles. The number of ether oxygens (including phenoxy) is 1. The molecule has 5 nitrogen and oxygen atoms in total. The predicted molar refractivity (Wildman–Crippen MR) is 99.7 cm³/mol. The second-order valence-electron chi connectivity index (χ2n) is 6.92. The van der Waals surface area contributed by atoms with Crippen molar-refractivity contribution in [2.75, 3.05) is 18.0 Å². The van der Waals surface area contributed by atoms with Crippen molar-refractivity contribution in [1.82, 2.24) is 4.90 Å². The summed E-state index contributed by atoms with van der Waals surface area (Å²) in [7, 11) is 0. The van der Waals surface area contributed by atoms with Gasteiger partial charge in [0.1, 0.15) is 17.3 Å². The predicted octanol–water partition coefficient (Wildman–Crippen LogP) is 4.10. The topological polar surface area (TPSA) is 49.9 Å². The Bertz CT molecular complexity index is 1030. The number of halogens is 4. The van der Waals surface area contributed by atoms with E-state index < -0.39 is 29.7 Å². The molecule has 4 rings (SSSR count). The van der Waals surface area contributed by atoms with Gasteiger partial charge in [-0.25, -0.2) is 9.29 Å². The summed E-state index contributed by atoms with van der Waals surface area (Å²) in [5.74, 6) is -2.35. The van der Waals surface area contributed by atoms with E-state index in [2.05, 4.69) is 4.74 Å². The number of likely N-dealkylation sites (tertiary alicyclic amines) is 1. The number of anilines is 1. The largest absolute Gasteiger partial charge is 0.573 e. The summed E-state index contributed by atoms with van der Waals surface area (Å²) >= 11 is 0. The van der Waals surface area contributed by atoms with Crippen molar-refractivity contribution in [3.63, 3.8) is 0 Å². The number of carbonyl (C=O) groups excluding carboxylic acids is 2. The number of imide groups is 1. The molecule has 0 aromatic heterocycles. The lowest BCUT2D eigenvalue weighted by molar-refractivity contribution is -0.274. The van der Waals surface area contributed by atoms with Gasteiger partial charge in [-0.2, -0.15) is 0 Å². The smallest absolute Gasteiger partial charge is 0.406 e. The highest BCUT2D eigenvalue weighted by Crippen LogP contribution is 2.37. The minimum absolute atomic E-state index is 0.0411.